The van der Waals surface area contributed by atoms with E-state index in [0.29, 0.717) is 11.3 Å². The molecule has 0 aliphatic carbocycles. The zero-order chi connectivity index (χ0) is 16.4. The number of carbonyl (C=O) groups is 1. The molecular weight excluding hydrogens is 292 g/mol. The number of rotatable bonds is 4. The van der Waals surface area contributed by atoms with Gasteiger partial charge in [0.1, 0.15) is 0 Å². The van der Waals surface area contributed by atoms with Gasteiger partial charge in [-0.3, -0.25) is 0 Å². The van der Waals surface area contributed by atoms with Crippen LogP contribution in [0.4, 0.5) is 0 Å². The second-order valence-electron chi connectivity index (χ2n) is 5.47. The predicted molar refractivity (Wildman–Crippen MR) is 88.8 cm³/mol. The van der Waals surface area contributed by atoms with Crippen LogP contribution < -0.4 is 4.74 Å². The quantitative estimate of drug-likeness (QED) is 0.657. The largest absolute Gasteiger partial charge is 0.463 e. The first kappa shape index (κ1) is 15.2. The first-order chi connectivity index (χ1) is 11.1. The Balaban J connectivity index is 2.30. The highest BCUT2D eigenvalue weighted by atomic mass is 16.6. The summed E-state index contributed by atoms with van der Waals surface area (Å²) in [6.07, 6.45) is -0.0600. The average Bonchev–Trinajstić information content (AvgIpc) is 2.93. The number of fused-ring (bicyclic) bond motifs is 1. The topological polar surface area (TPSA) is 48.7 Å². The van der Waals surface area contributed by atoms with Gasteiger partial charge in [-0.1, -0.05) is 42.5 Å². The highest BCUT2D eigenvalue weighted by molar-refractivity contribution is 6.10. The van der Waals surface area contributed by atoms with E-state index >= 15 is 0 Å². The third kappa shape index (κ3) is 2.80. The van der Waals surface area contributed by atoms with E-state index in [9.17, 15) is 4.79 Å². The smallest absolute Gasteiger partial charge is 0.374 e. The Kier molecular flexibility index (Phi) is 4.06. The Morgan fingerprint density at radius 3 is 2.43 bits per heavy atom. The monoisotopic (exact) mass is 310 g/mol. The molecule has 0 radical (unpaired) electrons. The van der Waals surface area contributed by atoms with Crippen molar-refractivity contribution in [1.29, 1.82) is 0 Å². The molecule has 118 valence electrons. The zero-order valence-electron chi connectivity index (χ0n) is 13.3. The molecule has 0 fully saturated rings. The molecule has 0 aliphatic heterocycles. The molecule has 3 aromatic rings. The predicted octanol–water partition coefficient (Wildman–Crippen LogP) is 4.67. The maximum Gasteiger partial charge on any atom is 0.374 e. The number of ether oxygens (including phenoxy) is 2. The minimum atomic E-state index is -0.517. The zero-order valence-corrected chi connectivity index (χ0v) is 13.3. The van der Waals surface area contributed by atoms with Crippen LogP contribution in [0, 0.1) is 0 Å². The minimum absolute atomic E-state index is 0.0600. The van der Waals surface area contributed by atoms with Crippen molar-refractivity contribution >= 4 is 16.7 Å². The summed E-state index contributed by atoms with van der Waals surface area (Å²) >= 11 is 0. The molecule has 0 atom stereocenters. The molecule has 0 saturated carbocycles. The fourth-order valence-corrected chi connectivity index (χ4v) is 2.56. The van der Waals surface area contributed by atoms with E-state index in [1.807, 2.05) is 62.4 Å². The molecule has 1 heterocycles. The Morgan fingerprint density at radius 1 is 1.04 bits per heavy atom. The number of methoxy groups -OCH3 is 1. The summed E-state index contributed by atoms with van der Waals surface area (Å²) in [6, 6.07) is 15.6. The summed E-state index contributed by atoms with van der Waals surface area (Å²) in [6.45, 7) is 3.82. The minimum Gasteiger partial charge on any atom is -0.463 e. The third-order valence-electron chi connectivity index (χ3n) is 3.50. The van der Waals surface area contributed by atoms with Gasteiger partial charge in [-0.05, 0) is 31.0 Å². The van der Waals surface area contributed by atoms with E-state index < -0.39 is 5.97 Å². The molecule has 0 saturated heterocycles. The molecule has 0 amide bonds. The van der Waals surface area contributed by atoms with Crippen molar-refractivity contribution in [1.82, 2.24) is 0 Å². The third-order valence-corrected chi connectivity index (χ3v) is 3.50. The van der Waals surface area contributed by atoms with Crippen LogP contribution in [0.1, 0.15) is 24.4 Å². The molecule has 4 heteroatoms. The van der Waals surface area contributed by atoms with Crippen LogP contribution >= 0.6 is 0 Å². The number of esters is 1. The van der Waals surface area contributed by atoms with Crippen molar-refractivity contribution < 1.29 is 18.7 Å². The second kappa shape index (κ2) is 6.16. The highest BCUT2D eigenvalue weighted by Crippen LogP contribution is 2.39. The van der Waals surface area contributed by atoms with Gasteiger partial charge in [-0.15, -0.1) is 0 Å². The van der Waals surface area contributed by atoms with Crippen LogP contribution in [0.2, 0.25) is 0 Å². The van der Waals surface area contributed by atoms with Crippen molar-refractivity contribution in [2.45, 2.75) is 20.0 Å². The van der Waals surface area contributed by atoms with Crippen molar-refractivity contribution in [3.05, 3.63) is 54.3 Å². The Labute approximate surface area is 134 Å². The summed E-state index contributed by atoms with van der Waals surface area (Å²) < 4.78 is 16.3. The van der Waals surface area contributed by atoms with Gasteiger partial charge in [0.05, 0.1) is 18.6 Å². The second-order valence-corrected chi connectivity index (χ2v) is 5.47. The van der Waals surface area contributed by atoms with E-state index in [2.05, 4.69) is 0 Å². The molecule has 0 N–H and O–H groups in total. The summed E-state index contributed by atoms with van der Waals surface area (Å²) in [4.78, 5) is 12.1. The van der Waals surface area contributed by atoms with Crippen LogP contribution in [0.5, 0.6) is 5.95 Å². The van der Waals surface area contributed by atoms with Gasteiger partial charge in [-0.2, -0.15) is 0 Å². The standard InChI is InChI=1S/C19H18O4/c1-12(2)22-19-15-11-7-10-14(13-8-5-4-6-9-13)16(15)17(23-19)18(20)21-3/h4-12H,1-3H3. The first-order valence-electron chi connectivity index (χ1n) is 7.47. The molecule has 0 unspecified atom stereocenters. The van der Waals surface area contributed by atoms with Crippen molar-refractivity contribution in [2.24, 2.45) is 0 Å². The molecule has 3 rings (SSSR count). The molecular formula is C19H18O4. The van der Waals surface area contributed by atoms with E-state index in [4.69, 9.17) is 13.9 Å². The molecule has 2 aromatic carbocycles. The molecule has 0 bridgehead atoms. The summed E-state index contributed by atoms with van der Waals surface area (Å²) in [5.74, 6) is -0.0113. The molecule has 23 heavy (non-hydrogen) atoms. The van der Waals surface area contributed by atoms with Gasteiger partial charge in [0.2, 0.25) is 5.76 Å². The lowest BCUT2D eigenvalue weighted by Gasteiger charge is -2.06. The van der Waals surface area contributed by atoms with Crippen LogP contribution in [-0.2, 0) is 4.74 Å². The van der Waals surface area contributed by atoms with Crippen LogP contribution in [0.25, 0.3) is 21.9 Å². The SMILES string of the molecule is COC(=O)c1oc(OC(C)C)c2cccc(-c3ccccc3)c12. The van der Waals surface area contributed by atoms with Crippen molar-refractivity contribution in [3.8, 4) is 17.1 Å². The summed E-state index contributed by atoms with van der Waals surface area (Å²) in [7, 11) is 1.34. The maximum atomic E-state index is 12.1. The van der Waals surface area contributed by atoms with E-state index in [0.717, 1.165) is 16.5 Å². The van der Waals surface area contributed by atoms with Gasteiger partial charge in [0.25, 0.3) is 5.95 Å². The number of furan rings is 1. The summed E-state index contributed by atoms with van der Waals surface area (Å²) in [5, 5.41) is 1.47. The van der Waals surface area contributed by atoms with Crippen LogP contribution in [0.3, 0.4) is 0 Å². The van der Waals surface area contributed by atoms with Gasteiger partial charge in [-0.25, -0.2) is 4.79 Å². The highest BCUT2D eigenvalue weighted by Gasteiger charge is 2.24. The van der Waals surface area contributed by atoms with Crippen molar-refractivity contribution in [3.63, 3.8) is 0 Å². The molecule has 4 nitrogen and oxygen atoms in total. The summed E-state index contributed by atoms with van der Waals surface area (Å²) in [5.41, 5.74) is 1.91. The fourth-order valence-electron chi connectivity index (χ4n) is 2.56. The molecule has 0 aliphatic rings. The Bertz CT molecular complexity index is 831. The lowest BCUT2D eigenvalue weighted by Crippen LogP contribution is -2.05. The Morgan fingerprint density at radius 2 is 1.78 bits per heavy atom. The van der Waals surface area contributed by atoms with E-state index in [1.165, 1.54) is 7.11 Å². The maximum absolute atomic E-state index is 12.1. The van der Waals surface area contributed by atoms with E-state index in [1.54, 1.807) is 0 Å². The van der Waals surface area contributed by atoms with Crippen LogP contribution in [-0.4, -0.2) is 19.2 Å². The van der Waals surface area contributed by atoms with Crippen LogP contribution in [0.15, 0.2) is 52.9 Å². The number of carbonyl (C=O) groups excluding carboxylic acids is 1. The van der Waals surface area contributed by atoms with Gasteiger partial charge in [0, 0.05) is 5.39 Å². The number of benzene rings is 2. The first-order valence-corrected chi connectivity index (χ1v) is 7.47. The molecule has 1 aromatic heterocycles. The van der Waals surface area contributed by atoms with Gasteiger partial charge >= 0.3 is 5.97 Å². The lowest BCUT2D eigenvalue weighted by atomic mass is 9.99. The lowest BCUT2D eigenvalue weighted by molar-refractivity contribution is 0.0556. The Hall–Kier alpha value is -2.75. The molecule has 0 spiro atoms. The fraction of sp³-hybridized carbons (Fsp3) is 0.211. The number of hydrogen-bond donors (Lipinski definition) is 0. The number of hydrogen-bond acceptors (Lipinski definition) is 4. The average molecular weight is 310 g/mol. The van der Waals surface area contributed by atoms with E-state index in [-0.39, 0.29) is 11.9 Å². The normalized spacial score (nSPS) is 11.0. The van der Waals surface area contributed by atoms with Gasteiger partial charge in [0.15, 0.2) is 0 Å². The van der Waals surface area contributed by atoms with Crippen molar-refractivity contribution in [2.75, 3.05) is 7.11 Å². The van der Waals surface area contributed by atoms with Gasteiger partial charge < -0.3 is 13.9 Å².